The lowest BCUT2D eigenvalue weighted by Gasteiger charge is -2.30. The Morgan fingerprint density at radius 2 is 1.05 bits per heavy atom. The molecular weight excluding hydrogens is 520 g/mol. The van der Waals surface area contributed by atoms with Gasteiger partial charge in [0.1, 0.15) is 0 Å². The van der Waals surface area contributed by atoms with Crippen LogP contribution in [0.2, 0.25) is 0 Å². The molecule has 1 atom stereocenters. The SMILES string of the molecule is CCCC1(C)c2cc(N(c3ccccc3)c3ccccc3)ccc2-c2ccc(-n3c4ccccc4c4ccccc43)cc21. The van der Waals surface area contributed by atoms with Crippen LogP contribution in [0.4, 0.5) is 17.1 Å². The second-order valence-electron chi connectivity index (χ2n) is 11.9. The number of anilines is 3. The molecule has 2 heteroatoms. The minimum Gasteiger partial charge on any atom is -0.310 e. The van der Waals surface area contributed by atoms with Crippen molar-refractivity contribution in [2.24, 2.45) is 0 Å². The molecule has 7 aromatic rings. The van der Waals surface area contributed by atoms with E-state index in [1.165, 1.54) is 55.4 Å². The van der Waals surface area contributed by atoms with Gasteiger partial charge in [-0.3, -0.25) is 0 Å². The van der Waals surface area contributed by atoms with Crippen LogP contribution in [0.15, 0.2) is 146 Å². The third-order valence-electron chi connectivity index (χ3n) is 9.36. The number of nitrogens with zero attached hydrogens (tertiary/aromatic N) is 2. The Bertz CT molecular complexity index is 2010. The topological polar surface area (TPSA) is 8.17 Å². The molecule has 0 amide bonds. The van der Waals surface area contributed by atoms with Gasteiger partial charge in [0.15, 0.2) is 0 Å². The summed E-state index contributed by atoms with van der Waals surface area (Å²) in [5.74, 6) is 0. The minimum atomic E-state index is -0.0940. The average Bonchev–Trinajstić information content (AvgIpc) is 3.52. The molecule has 0 radical (unpaired) electrons. The van der Waals surface area contributed by atoms with Crippen LogP contribution in [-0.2, 0) is 5.41 Å². The lowest BCUT2D eigenvalue weighted by atomic mass is 9.76. The highest BCUT2D eigenvalue weighted by atomic mass is 15.1. The summed E-state index contributed by atoms with van der Waals surface area (Å²) in [6, 6.07) is 53.2. The van der Waals surface area contributed by atoms with Crippen molar-refractivity contribution in [3.8, 4) is 16.8 Å². The maximum Gasteiger partial charge on any atom is 0.0541 e. The van der Waals surface area contributed by atoms with Crippen molar-refractivity contribution in [3.63, 3.8) is 0 Å². The van der Waals surface area contributed by atoms with Gasteiger partial charge in [0.25, 0.3) is 0 Å². The average molecular weight is 555 g/mol. The van der Waals surface area contributed by atoms with Gasteiger partial charge in [0.2, 0.25) is 0 Å². The number of para-hydroxylation sites is 4. The largest absolute Gasteiger partial charge is 0.310 e. The van der Waals surface area contributed by atoms with Crippen LogP contribution in [-0.4, -0.2) is 4.57 Å². The number of rotatable bonds is 6. The van der Waals surface area contributed by atoms with Crippen molar-refractivity contribution < 1.29 is 0 Å². The fraction of sp³-hybridized carbons (Fsp3) is 0.122. The van der Waals surface area contributed by atoms with Crippen molar-refractivity contribution in [2.75, 3.05) is 4.90 Å². The first-order valence-electron chi connectivity index (χ1n) is 15.4. The van der Waals surface area contributed by atoms with Crippen molar-refractivity contribution in [3.05, 3.63) is 157 Å². The van der Waals surface area contributed by atoms with Crippen LogP contribution in [0, 0.1) is 0 Å². The third kappa shape index (κ3) is 3.94. The standard InChI is InChI=1S/C41H34N2/c1-3-26-41(2)37-27-31(42(29-14-6-4-7-15-29)30-16-8-5-9-17-30)22-24-33(37)34-25-23-32(28-38(34)41)43-39-20-12-10-18-35(39)36-19-11-13-21-40(36)43/h4-25,27-28H,3,26H2,1-2H3. The third-order valence-corrected chi connectivity index (χ3v) is 9.36. The molecule has 1 aromatic heterocycles. The van der Waals surface area contributed by atoms with Crippen molar-refractivity contribution in [1.82, 2.24) is 4.57 Å². The van der Waals surface area contributed by atoms with Crippen LogP contribution in [0.25, 0.3) is 38.6 Å². The van der Waals surface area contributed by atoms with Gasteiger partial charge < -0.3 is 9.47 Å². The molecule has 0 saturated carbocycles. The maximum absolute atomic E-state index is 2.47. The van der Waals surface area contributed by atoms with Gasteiger partial charge in [-0.15, -0.1) is 0 Å². The summed E-state index contributed by atoms with van der Waals surface area (Å²) < 4.78 is 2.44. The van der Waals surface area contributed by atoms with E-state index >= 15 is 0 Å². The zero-order chi connectivity index (χ0) is 29.0. The lowest BCUT2D eigenvalue weighted by molar-refractivity contribution is 0.524. The first-order valence-corrected chi connectivity index (χ1v) is 15.4. The highest BCUT2D eigenvalue weighted by Crippen LogP contribution is 2.53. The Hall–Kier alpha value is -5.08. The summed E-state index contributed by atoms with van der Waals surface area (Å²) >= 11 is 0. The van der Waals surface area contributed by atoms with E-state index in [1.54, 1.807) is 0 Å². The number of benzene rings is 6. The molecule has 0 saturated heterocycles. The van der Waals surface area contributed by atoms with Gasteiger partial charge in [-0.05, 0) is 89.3 Å². The predicted molar refractivity (Wildman–Crippen MR) is 182 cm³/mol. The molecule has 2 nitrogen and oxygen atoms in total. The Kier molecular flexibility index (Phi) is 5.97. The highest BCUT2D eigenvalue weighted by Gasteiger charge is 2.39. The van der Waals surface area contributed by atoms with Crippen molar-refractivity contribution in [2.45, 2.75) is 32.1 Å². The number of hydrogen-bond donors (Lipinski definition) is 0. The van der Waals surface area contributed by atoms with Gasteiger partial charge in [0.05, 0.1) is 11.0 Å². The fourth-order valence-corrected chi connectivity index (χ4v) is 7.44. The Morgan fingerprint density at radius 1 is 0.535 bits per heavy atom. The molecule has 8 rings (SSSR count). The molecule has 0 aliphatic heterocycles. The van der Waals surface area contributed by atoms with E-state index in [4.69, 9.17) is 0 Å². The number of fused-ring (bicyclic) bond motifs is 6. The highest BCUT2D eigenvalue weighted by molar-refractivity contribution is 6.09. The van der Waals surface area contributed by atoms with Crippen LogP contribution in [0.1, 0.15) is 37.8 Å². The molecular formula is C41H34N2. The molecule has 6 aromatic carbocycles. The Morgan fingerprint density at radius 3 is 1.63 bits per heavy atom. The van der Waals surface area contributed by atoms with Crippen LogP contribution in [0.5, 0.6) is 0 Å². The monoisotopic (exact) mass is 554 g/mol. The van der Waals surface area contributed by atoms with Crippen LogP contribution < -0.4 is 4.90 Å². The van der Waals surface area contributed by atoms with E-state index in [0.717, 1.165) is 24.2 Å². The second-order valence-corrected chi connectivity index (χ2v) is 11.9. The maximum atomic E-state index is 2.47. The molecule has 1 unspecified atom stereocenters. The van der Waals surface area contributed by atoms with Crippen molar-refractivity contribution in [1.29, 1.82) is 0 Å². The van der Waals surface area contributed by atoms with Gasteiger partial charge in [0, 0.05) is 38.9 Å². The van der Waals surface area contributed by atoms with Crippen molar-refractivity contribution >= 4 is 38.9 Å². The fourth-order valence-electron chi connectivity index (χ4n) is 7.44. The zero-order valence-corrected chi connectivity index (χ0v) is 24.7. The predicted octanol–water partition coefficient (Wildman–Crippen LogP) is 11.3. The Balaban J connectivity index is 1.31. The Labute approximate surface area is 253 Å². The molecule has 0 fully saturated rings. The van der Waals surface area contributed by atoms with Crippen LogP contribution >= 0.6 is 0 Å². The summed E-state index contributed by atoms with van der Waals surface area (Å²) in [4.78, 5) is 2.37. The molecule has 0 N–H and O–H groups in total. The smallest absolute Gasteiger partial charge is 0.0541 e. The lowest BCUT2D eigenvalue weighted by Crippen LogP contribution is -2.21. The summed E-state index contributed by atoms with van der Waals surface area (Å²) in [7, 11) is 0. The van der Waals surface area contributed by atoms with E-state index in [-0.39, 0.29) is 5.41 Å². The van der Waals surface area contributed by atoms with Gasteiger partial charge in [-0.1, -0.05) is 105 Å². The normalized spacial score (nSPS) is 15.5. The van der Waals surface area contributed by atoms with Gasteiger partial charge in [-0.25, -0.2) is 0 Å². The first kappa shape index (κ1) is 25.6. The summed E-state index contributed by atoms with van der Waals surface area (Å²) in [6.07, 6.45) is 2.20. The van der Waals surface area contributed by atoms with Gasteiger partial charge >= 0.3 is 0 Å². The molecule has 1 aliphatic carbocycles. The molecule has 1 aliphatic rings. The molecule has 208 valence electrons. The quantitative estimate of drug-likeness (QED) is 0.198. The second kappa shape index (κ2) is 10.0. The molecule has 43 heavy (non-hydrogen) atoms. The first-order chi connectivity index (χ1) is 21.2. The van der Waals surface area contributed by atoms with E-state index in [9.17, 15) is 0 Å². The van der Waals surface area contributed by atoms with E-state index in [2.05, 4.69) is 169 Å². The molecule has 0 spiro atoms. The van der Waals surface area contributed by atoms with E-state index < -0.39 is 0 Å². The minimum absolute atomic E-state index is 0.0940. The van der Waals surface area contributed by atoms with E-state index in [0.29, 0.717) is 0 Å². The summed E-state index contributed by atoms with van der Waals surface area (Å²) in [6.45, 7) is 4.76. The summed E-state index contributed by atoms with van der Waals surface area (Å²) in [5.41, 5.74) is 12.7. The molecule has 1 heterocycles. The van der Waals surface area contributed by atoms with Crippen LogP contribution in [0.3, 0.4) is 0 Å². The number of aromatic nitrogens is 1. The molecule has 0 bridgehead atoms. The van der Waals surface area contributed by atoms with E-state index in [1.807, 2.05) is 0 Å². The summed E-state index contributed by atoms with van der Waals surface area (Å²) in [5, 5.41) is 2.59. The number of hydrogen-bond acceptors (Lipinski definition) is 1. The zero-order valence-electron chi connectivity index (χ0n) is 24.7. The van der Waals surface area contributed by atoms with Gasteiger partial charge in [-0.2, -0.15) is 0 Å².